The molecule has 0 unspecified atom stereocenters. The zero-order valence-electron chi connectivity index (χ0n) is 11.6. The largest absolute Gasteiger partial charge is 0.340 e. The molecule has 5 nitrogen and oxygen atoms in total. The lowest BCUT2D eigenvalue weighted by atomic mass is 9.99. The van der Waals surface area contributed by atoms with Gasteiger partial charge in [-0.3, -0.25) is 14.8 Å². The summed E-state index contributed by atoms with van der Waals surface area (Å²) in [5, 5.41) is 0. The van der Waals surface area contributed by atoms with Crippen molar-refractivity contribution in [2.45, 2.75) is 38.3 Å². The molecular formula is C13H22Cl2N4O. The Morgan fingerprint density at radius 2 is 2.15 bits per heavy atom. The molecule has 2 N–H and O–H groups in total. The van der Waals surface area contributed by atoms with Crippen molar-refractivity contribution in [3.63, 3.8) is 0 Å². The standard InChI is InChI=1S/C13H20N4O.2ClH/c1-17(9-11-8-15-5-6-16-11)13(18)7-10-3-2-4-12(10)14;;/h5-6,8,10,12H,2-4,7,9,14H2,1H3;2*1H/t10-,12+;;/m0../s1. The summed E-state index contributed by atoms with van der Waals surface area (Å²) in [6, 6.07) is 0.193. The average molecular weight is 321 g/mol. The van der Waals surface area contributed by atoms with Crippen LogP contribution in [0.5, 0.6) is 0 Å². The van der Waals surface area contributed by atoms with Gasteiger partial charge >= 0.3 is 0 Å². The van der Waals surface area contributed by atoms with Crippen LogP contribution in [0, 0.1) is 5.92 Å². The van der Waals surface area contributed by atoms with Crippen LogP contribution >= 0.6 is 24.8 Å². The van der Waals surface area contributed by atoms with E-state index in [1.807, 2.05) is 0 Å². The van der Waals surface area contributed by atoms with E-state index in [1.165, 1.54) is 0 Å². The van der Waals surface area contributed by atoms with Gasteiger partial charge in [-0.2, -0.15) is 0 Å². The summed E-state index contributed by atoms with van der Waals surface area (Å²) >= 11 is 0. The van der Waals surface area contributed by atoms with Gasteiger partial charge in [0.2, 0.25) is 5.91 Å². The van der Waals surface area contributed by atoms with Crippen LogP contribution in [-0.4, -0.2) is 33.9 Å². The van der Waals surface area contributed by atoms with Crippen LogP contribution in [-0.2, 0) is 11.3 Å². The van der Waals surface area contributed by atoms with E-state index in [0.717, 1.165) is 25.0 Å². The zero-order chi connectivity index (χ0) is 13.0. The monoisotopic (exact) mass is 320 g/mol. The van der Waals surface area contributed by atoms with Crippen LogP contribution in [0.1, 0.15) is 31.4 Å². The maximum atomic E-state index is 12.1. The van der Waals surface area contributed by atoms with E-state index in [4.69, 9.17) is 5.73 Å². The van der Waals surface area contributed by atoms with Crippen molar-refractivity contribution in [1.82, 2.24) is 14.9 Å². The molecular weight excluding hydrogens is 299 g/mol. The highest BCUT2D eigenvalue weighted by Gasteiger charge is 2.27. The van der Waals surface area contributed by atoms with E-state index in [1.54, 1.807) is 30.5 Å². The smallest absolute Gasteiger partial charge is 0.223 e. The maximum Gasteiger partial charge on any atom is 0.223 e. The van der Waals surface area contributed by atoms with Crippen molar-refractivity contribution >= 4 is 30.7 Å². The molecule has 0 spiro atoms. The lowest BCUT2D eigenvalue weighted by Crippen LogP contribution is -2.32. The molecule has 7 heteroatoms. The summed E-state index contributed by atoms with van der Waals surface area (Å²) in [5.41, 5.74) is 6.80. The zero-order valence-corrected chi connectivity index (χ0v) is 13.2. The average Bonchev–Trinajstić information content (AvgIpc) is 2.76. The highest BCUT2D eigenvalue weighted by Crippen LogP contribution is 2.27. The first kappa shape index (κ1) is 19.1. The lowest BCUT2D eigenvalue weighted by Gasteiger charge is -2.20. The Hall–Kier alpha value is -0.910. The SMILES string of the molecule is CN(Cc1cnccn1)C(=O)C[C@@H]1CCC[C@H]1N.Cl.Cl. The minimum atomic E-state index is 0. The number of nitrogens with zero attached hydrogens (tertiary/aromatic N) is 3. The minimum absolute atomic E-state index is 0. The summed E-state index contributed by atoms with van der Waals surface area (Å²) in [6.45, 7) is 0.509. The van der Waals surface area contributed by atoms with Crippen LogP contribution in [0.15, 0.2) is 18.6 Å². The molecule has 1 heterocycles. The highest BCUT2D eigenvalue weighted by atomic mass is 35.5. The van der Waals surface area contributed by atoms with Gasteiger partial charge in [-0.1, -0.05) is 6.42 Å². The second kappa shape index (κ2) is 9.10. The molecule has 0 radical (unpaired) electrons. The van der Waals surface area contributed by atoms with Crippen molar-refractivity contribution in [2.24, 2.45) is 11.7 Å². The second-order valence-electron chi connectivity index (χ2n) is 5.01. The van der Waals surface area contributed by atoms with E-state index in [-0.39, 0.29) is 36.8 Å². The van der Waals surface area contributed by atoms with Gasteiger partial charge in [0.1, 0.15) is 0 Å². The first-order chi connectivity index (χ1) is 8.66. The topological polar surface area (TPSA) is 72.1 Å². The third-order valence-corrected chi connectivity index (χ3v) is 3.60. The van der Waals surface area contributed by atoms with Gasteiger partial charge in [0.25, 0.3) is 0 Å². The molecule has 1 amide bonds. The molecule has 1 aliphatic carbocycles. The fourth-order valence-corrected chi connectivity index (χ4v) is 2.44. The molecule has 0 bridgehead atoms. The predicted octanol–water partition coefficient (Wildman–Crippen LogP) is 1.80. The van der Waals surface area contributed by atoms with Crippen molar-refractivity contribution in [2.75, 3.05) is 7.05 Å². The van der Waals surface area contributed by atoms with Crippen LogP contribution in [0.4, 0.5) is 0 Å². The molecule has 2 atom stereocenters. The Balaban J connectivity index is 0.00000180. The molecule has 1 fully saturated rings. The number of carbonyl (C=O) groups is 1. The summed E-state index contributed by atoms with van der Waals surface area (Å²) in [5.74, 6) is 0.491. The molecule has 1 aromatic rings. The Kier molecular flexibility index (Phi) is 8.69. The number of amides is 1. The van der Waals surface area contributed by atoms with Crippen LogP contribution in [0.3, 0.4) is 0 Å². The molecule has 0 aromatic carbocycles. The lowest BCUT2D eigenvalue weighted by molar-refractivity contribution is -0.131. The summed E-state index contributed by atoms with van der Waals surface area (Å²) < 4.78 is 0. The summed E-state index contributed by atoms with van der Waals surface area (Å²) in [7, 11) is 1.80. The van der Waals surface area contributed by atoms with Crippen LogP contribution in [0.25, 0.3) is 0 Å². The number of halogens is 2. The molecule has 2 rings (SSSR count). The van der Waals surface area contributed by atoms with Crippen LogP contribution in [0.2, 0.25) is 0 Å². The number of hydrogen-bond donors (Lipinski definition) is 1. The van der Waals surface area contributed by atoms with Gasteiger partial charge in [0.15, 0.2) is 0 Å². The Labute approximate surface area is 132 Å². The summed E-state index contributed by atoms with van der Waals surface area (Å²) in [6.07, 6.45) is 8.77. The first-order valence-corrected chi connectivity index (χ1v) is 6.41. The van der Waals surface area contributed by atoms with Crippen molar-refractivity contribution in [3.05, 3.63) is 24.3 Å². The van der Waals surface area contributed by atoms with Gasteiger partial charge < -0.3 is 10.6 Å². The maximum absolute atomic E-state index is 12.1. The van der Waals surface area contributed by atoms with Gasteiger partial charge in [0, 0.05) is 31.9 Å². The van der Waals surface area contributed by atoms with E-state index in [2.05, 4.69) is 9.97 Å². The Bertz CT molecular complexity index is 405. The van der Waals surface area contributed by atoms with Crippen molar-refractivity contribution < 1.29 is 4.79 Å². The van der Waals surface area contributed by atoms with Crippen molar-refractivity contribution in [1.29, 1.82) is 0 Å². The van der Waals surface area contributed by atoms with E-state index >= 15 is 0 Å². The Morgan fingerprint density at radius 3 is 2.70 bits per heavy atom. The van der Waals surface area contributed by atoms with E-state index in [9.17, 15) is 4.79 Å². The van der Waals surface area contributed by atoms with Gasteiger partial charge in [-0.05, 0) is 18.8 Å². The van der Waals surface area contributed by atoms with Gasteiger partial charge in [0.05, 0.1) is 18.4 Å². The molecule has 0 saturated heterocycles. The number of rotatable bonds is 4. The fourth-order valence-electron chi connectivity index (χ4n) is 2.44. The van der Waals surface area contributed by atoms with Crippen LogP contribution < -0.4 is 5.73 Å². The summed E-state index contributed by atoms with van der Waals surface area (Å²) in [4.78, 5) is 21.9. The second-order valence-corrected chi connectivity index (χ2v) is 5.01. The highest BCUT2D eigenvalue weighted by molar-refractivity contribution is 5.85. The van der Waals surface area contributed by atoms with Gasteiger partial charge in [-0.25, -0.2) is 0 Å². The third-order valence-electron chi connectivity index (χ3n) is 3.60. The first-order valence-electron chi connectivity index (χ1n) is 6.41. The Morgan fingerprint density at radius 1 is 1.40 bits per heavy atom. The number of nitrogens with two attached hydrogens (primary N) is 1. The molecule has 1 saturated carbocycles. The molecule has 1 aromatic heterocycles. The number of hydrogen-bond acceptors (Lipinski definition) is 4. The van der Waals surface area contributed by atoms with E-state index in [0.29, 0.717) is 18.9 Å². The minimum Gasteiger partial charge on any atom is -0.340 e. The van der Waals surface area contributed by atoms with Crippen molar-refractivity contribution in [3.8, 4) is 0 Å². The number of carbonyl (C=O) groups excluding carboxylic acids is 1. The fraction of sp³-hybridized carbons (Fsp3) is 0.615. The normalized spacial score (nSPS) is 20.7. The number of aromatic nitrogens is 2. The quantitative estimate of drug-likeness (QED) is 0.918. The van der Waals surface area contributed by atoms with E-state index < -0.39 is 0 Å². The third kappa shape index (κ3) is 5.23. The molecule has 0 aliphatic heterocycles. The molecule has 114 valence electrons. The molecule has 20 heavy (non-hydrogen) atoms. The van der Waals surface area contributed by atoms with Gasteiger partial charge in [-0.15, -0.1) is 24.8 Å². The molecule has 1 aliphatic rings. The predicted molar refractivity (Wildman–Crippen MR) is 82.9 cm³/mol.